The van der Waals surface area contributed by atoms with Crippen LogP contribution in [0.4, 0.5) is 0 Å². The minimum atomic E-state index is -2.26. The monoisotopic (exact) mass is 426 g/mol. The zero-order chi connectivity index (χ0) is 21.9. The molecule has 2 rings (SSSR count). The molecule has 0 bridgehead atoms. The summed E-state index contributed by atoms with van der Waals surface area (Å²) in [6.07, 6.45) is -12.8. The van der Waals surface area contributed by atoms with E-state index in [1.807, 2.05) is 13.8 Å². The van der Waals surface area contributed by atoms with Crippen LogP contribution in [0.2, 0.25) is 0 Å². The van der Waals surface area contributed by atoms with Gasteiger partial charge in [0.1, 0.15) is 55.9 Å². The van der Waals surface area contributed by atoms with Crippen molar-refractivity contribution in [3.05, 3.63) is 0 Å². The largest absolute Gasteiger partial charge is 0.463 e. The van der Waals surface area contributed by atoms with Crippen LogP contribution in [0.25, 0.3) is 0 Å². The van der Waals surface area contributed by atoms with Crippen molar-refractivity contribution in [3.8, 4) is 0 Å². The number of carbonyl (C=O) groups excluding carboxylic acids is 1. The highest BCUT2D eigenvalue weighted by atomic mass is 16.8. The number of aliphatic hydroxyl groups excluding tert-OH is 7. The van der Waals surface area contributed by atoms with Gasteiger partial charge in [-0.15, -0.1) is 0 Å². The lowest BCUT2D eigenvalue weighted by Crippen LogP contribution is -2.62. The van der Waals surface area contributed by atoms with Crippen LogP contribution in [0.1, 0.15) is 20.3 Å². The fourth-order valence-electron chi connectivity index (χ4n) is 3.19. The lowest BCUT2D eigenvalue weighted by molar-refractivity contribution is -0.383. The summed E-state index contributed by atoms with van der Waals surface area (Å²) in [5.74, 6) is -2.78. The van der Waals surface area contributed by atoms with E-state index in [4.69, 9.17) is 18.9 Å². The molecule has 0 amide bonds. The Hall–Kier alpha value is -0.930. The van der Waals surface area contributed by atoms with E-state index in [0.29, 0.717) is 0 Å². The second-order valence-corrected chi connectivity index (χ2v) is 7.66. The Balaban J connectivity index is 2.09. The van der Waals surface area contributed by atoms with E-state index in [1.54, 1.807) is 0 Å². The summed E-state index contributed by atoms with van der Waals surface area (Å²) in [5.41, 5.74) is 0. The maximum Gasteiger partial charge on any atom is 0.306 e. The van der Waals surface area contributed by atoms with Gasteiger partial charge < -0.3 is 54.7 Å². The molecule has 2 aliphatic rings. The molecule has 2 aliphatic heterocycles. The van der Waals surface area contributed by atoms with E-state index in [2.05, 4.69) is 0 Å². The molecule has 2 heterocycles. The van der Waals surface area contributed by atoms with Crippen molar-refractivity contribution >= 4 is 5.97 Å². The van der Waals surface area contributed by atoms with Crippen molar-refractivity contribution in [1.82, 2.24) is 0 Å². The van der Waals surface area contributed by atoms with Gasteiger partial charge in [-0.05, 0) is 5.92 Å². The number of esters is 1. The van der Waals surface area contributed by atoms with Gasteiger partial charge in [0.05, 0.1) is 6.61 Å². The number of hydrogen-bond donors (Lipinski definition) is 7. The number of aliphatic hydroxyl groups is 7. The molecule has 0 aromatic rings. The van der Waals surface area contributed by atoms with E-state index in [-0.39, 0.29) is 12.3 Å². The molecule has 12 heteroatoms. The quantitative estimate of drug-likeness (QED) is 0.187. The zero-order valence-electron chi connectivity index (χ0n) is 16.2. The van der Waals surface area contributed by atoms with Crippen LogP contribution in [0.15, 0.2) is 0 Å². The predicted octanol–water partition coefficient (Wildman–Crippen LogP) is -3.80. The summed E-state index contributed by atoms with van der Waals surface area (Å²) in [6.45, 7) is 1.50. The first-order chi connectivity index (χ1) is 13.6. The van der Waals surface area contributed by atoms with Crippen molar-refractivity contribution in [2.75, 3.05) is 19.8 Å². The maximum atomic E-state index is 11.7. The average Bonchev–Trinajstić information content (AvgIpc) is 2.92. The van der Waals surface area contributed by atoms with E-state index in [0.717, 1.165) is 0 Å². The Morgan fingerprint density at radius 3 is 2.17 bits per heavy atom. The summed E-state index contributed by atoms with van der Waals surface area (Å²) in [6, 6.07) is 0. The summed E-state index contributed by atoms with van der Waals surface area (Å²) in [7, 11) is 0. The molecular weight excluding hydrogens is 396 g/mol. The Morgan fingerprint density at radius 2 is 1.66 bits per heavy atom. The standard InChI is InChI=1S/C17H30O12/c1-7(2)3-10(20)26-5-9-11(21)13(23)14(24)16(27-9)29-17(6-19)15(25)12(22)8(4-18)28-17/h7-9,11-16,18-19,21-25H,3-6H2,1-2H3/t8-,9-,11-,12+,13+,14-,15+,16-,17+/m1/s1. The van der Waals surface area contributed by atoms with Crippen molar-refractivity contribution in [2.45, 2.75) is 75.1 Å². The molecule has 12 nitrogen and oxygen atoms in total. The number of carbonyl (C=O) groups is 1. The molecule has 7 N–H and O–H groups in total. The molecule has 2 saturated heterocycles. The Labute approximate surface area is 167 Å². The van der Waals surface area contributed by atoms with Crippen LogP contribution in [0, 0.1) is 5.92 Å². The van der Waals surface area contributed by atoms with Gasteiger partial charge in [-0.25, -0.2) is 0 Å². The molecule has 0 aromatic carbocycles. The summed E-state index contributed by atoms with van der Waals surface area (Å²) in [4.78, 5) is 11.7. The number of ether oxygens (including phenoxy) is 4. The fourth-order valence-corrected chi connectivity index (χ4v) is 3.19. The molecule has 0 radical (unpaired) electrons. The Morgan fingerprint density at radius 1 is 1.00 bits per heavy atom. The van der Waals surface area contributed by atoms with Crippen molar-refractivity contribution in [1.29, 1.82) is 0 Å². The van der Waals surface area contributed by atoms with Gasteiger partial charge in [-0.3, -0.25) is 4.79 Å². The third kappa shape index (κ3) is 5.22. The predicted molar refractivity (Wildman–Crippen MR) is 92.0 cm³/mol. The summed E-state index contributed by atoms with van der Waals surface area (Å²) < 4.78 is 21.0. The maximum absolute atomic E-state index is 11.7. The minimum absolute atomic E-state index is 0.0412. The van der Waals surface area contributed by atoms with Crippen LogP contribution < -0.4 is 0 Å². The van der Waals surface area contributed by atoms with Crippen LogP contribution in [0.3, 0.4) is 0 Å². The SMILES string of the molecule is CC(C)CC(=O)OC[C@H]1O[C@H](O[C@]2(CO)O[C@H](CO)[C@H](O)[C@@H]2O)[C@H](O)[C@@H](O)[C@@H]1O. The molecular formula is C17H30O12. The van der Waals surface area contributed by atoms with Crippen molar-refractivity contribution in [2.24, 2.45) is 5.92 Å². The highest BCUT2D eigenvalue weighted by molar-refractivity contribution is 5.69. The van der Waals surface area contributed by atoms with Gasteiger partial charge >= 0.3 is 5.97 Å². The molecule has 170 valence electrons. The Kier molecular flexibility index (Phi) is 8.32. The minimum Gasteiger partial charge on any atom is -0.463 e. The molecule has 0 aliphatic carbocycles. The van der Waals surface area contributed by atoms with E-state index >= 15 is 0 Å². The van der Waals surface area contributed by atoms with E-state index in [1.165, 1.54) is 0 Å². The van der Waals surface area contributed by atoms with Gasteiger partial charge in [-0.1, -0.05) is 13.8 Å². The second-order valence-electron chi connectivity index (χ2n) is 7.66. The van der Waals surface area contributed by atoms with Crippen molar-refractivity contribution in [3.63, 3.8) is 0 Å². The first-order valence-electron chi connectivity index (χ1n) is 9.35. The molecule has 0 unspecified atom stereocenters. The lowest BCUT2D eigenvalue weighted by Gasteiger charge is -2.43. The van der Waals surface area contributed by atoms with Crippen molar-refractivity contribution < 1.29 is 59.5 Å². The lowest BCUT2D eigenvalue weighted by atomic mass is 9.99. The van der Waals surface area contributed by atoms with Crippen LogP contribution >= 0.6 is 0 Å². The molecule has 29 heavy (non-hydrogen) atoms. The molecule has 0 saturated carbocycles. The Bertz CT molecular complexity index is 545. The molecule has 2 fully saturated rings. The first-order valence-corrected chi connectivity index (χ1v) is 9.35. The molecule has 9 atom stereocenters. The van der Waals surface area contributed by atoms with Gasteiger partial charge in [0, 0.05) is 6.42 Å². The number of rotatable bonds is 8. The summed E-state index contributed by atoms with van der Waals surface area (Å²) >= 11 is 0. The normalized spacial score (nSPS) is 43.0. The third-order valence-electron chi connectivity index (χ3n) is 4.87. The van der Waals surface area contributed by atoms with Crippen LogP contribution in [0.5, 0.6) is 0 Å². The van der Waals surface area contributed by atoms with E-state index in [9.17, 15) is 40.5 Å². The molecule has 0 spiro atoms. The number of hydrogen-bond acceptors (Lipinski definition) is 12. The highest BCUT2D eigenvalue weighted by Gasteiger charge is 2.58. The van der Waals surface area contributed by atoms with Crippen LogP contribution in [-0.2, 0) is 23.7 Å². The average molecular weight is 426 g/mol. The van der Waals surface area contributed by atoms with Gasteiger partial charge in [0.2, 0.25) is 5.79 Å². The molecule has 0 aromatic heterocycles. The topological polar surface area (TPSA) is 196 Å². The van der Waals surface area contributed by atoms with Gasteiger partial charge in [0.15, 0.2) is 6.29 Å². The van der Waals surface area contributed by atoms with Gasteiger partial charge in [0.25, 0.3) is 0 Å². The highest BCUT2D eigenvalue weighted by Crippen LogP contribution is 2.36. The zero-order valence-corrected chi connectivity index (χ0v) is 16.2. The second kappa shape index (κ2) is 9.92. The van der Waals surface area contributed by atoms with E-state index < -0.39 is 80.6 Å². The smallest absolute Gasteiger partial charge is 0.306 e. The van der Waals surface area contributed by atoms with Crippen LogP contribution in [-0.4, -0.2) is 116 Å². The van der Waals surface area contributed by atoms with Gasteiger partial charge in [-0.2, -0.15) is 0 Å². The third-order valence-corrected chi connectivity index (χ3v) is 4.87. The summed E-state index contributed by atoms with van der Waals surface area (Å²) in [5, 5.41) is 69.3. The fraction of sp³-hybridized carbons (Fsp3) is 0.941. The first kappa shape index (κ1) is 24.3.